The third-order valence-corrected chi connectivity index (χ3v) is 5.02. The van der Waals surface area contributed by atoms with Crippen molar-refractivity contribution in [2.45, 2.75) is 13.5 Å². The summed E-state index contributed by atoms with van der Waals surface area (Å²) >= 11 is 0. The van der Waals surface area contributed by atoms with Gasteiger partial charge in [0.2, 0.25) is 5.91 Å². The van der Waals surface area contributed by atoms with Gasteiger partial charge in [0, 0.05) is 38.9 Å². The van der Waals surface area contributed by atoms with Gasteiger partial charge in [-0.15, -0.1) is 12.4 Å². The number of nitrogens with two attached hydrogens (primary N) is 2. The van der Waals surface area contributed by atoms with Crippen LogP contribution in [0, 0.1) is 0 Å². The van der Waals surface area contributed by atoms with Gasteiger partial charge in [0.05, 0.1) is 23.8 Å². The van der Waals surface area contributed by atoms with Gasteiger partial charge in [-0.2, -0.15) is 0 Å². The second-order valence-corrected chi connectivity index (χ2v) is 6.61. The lowest BCUT2D eigenvalue weighted by Crippen LogP contribution is -2.52. The maximum atomic E-state index is 13.2. The van der Waals surface area contributed by atoms with Crippen LogP contribution in [0.1, 0.15) is 17.3 Å². The minimum Gasteiger partial charge on any atom is -0.379 e. The van der Waals surface area contributed by atoms with E-state index in [0.29, 0.717) is 60.8 Å². The minimum atomic E-state index is -0.171. The number of aryl methyl sites for hydroxylation is 1. The molecule has 0 aromatic carbocycles. The summed E-state index contributed by atoms with van der Waals surface area (Å²) in [4.78, 5) is 37.1. The van der Waals surface area contributed by atoms with E-state index in [1.54, 1.807) is 16.0 Å². The maximum absolute atomic E-state index is 13.2. The molecule has 1 aliphatic heterocycles. The largest absolute Gasteiger partial charge is 0.379 e. The summed E-state index contributed by atoms with van der Waals surface area (Å²) in [5.41, 5.74) is 13.2. The molecule has 0 atom stereocenters. The predicted octanol–water partition coefficient (Wildman–Crippen LogP) is -0.252. The Bertz CT molecular complexity index is 1070. The van der Waals surface area contributed by atoms with Gasteiger partial charge in [-0.25, -0.2) is 9.61 Å². The summed E-state index contributed by atoms with van der Waals surface area (Å²) in [5.74, 6) is 0.293. The average Bonchev–Trinajstić information content (AvgIpc) is 3.35. The molecule has 0 saturated carbocycles. The Morgan fingerprint density at radius 1 is 1.13 bits per heavy atom. The number of rotatable bonds is 4. The SMILES string of the molecule is CCn1c(-c2nonc2N)nc2cncc(C(=O)N3CCN(C(=O)CN)CC3)c21.Cl. The summed E-state index contributed by atoms with van der Waals surface area (Å²) in [5, 5.41) is 7.43. The summed E-state index contributed by atoms with van der Waals surface area (Å²) in [6, 6.07) is 0. The Balaban J connectivity index is 0.00000256. The number of nitrogens with zero attached hydrogens (tertiary/aromatic N) is 7. The molecule has 3 aromatic heterocycles. The van der Waals surface area contributed by atoms with Gasteiger partial charge in [0.15, 0.2) is 17.3 Å². The highest BCUT2D eigenvalue weighted by Gasteiger charge is 2.28. The first kappa shape index (κ1) is 21.5. The zero-order valence-electron chi connectivity index (χ0n) is 16.3. The van der Waals surface area contributed by atoms with E-state index >= 15 is 0 Å². The number of fused-ring (bicyclic) bond motifs is 1. The lowest BCUT2D eigenvalue weighted by Gasteiger charge is -2.34. The van der Waals surface area contributed by atoms with Crippen LogP contribution in [0.15, 0.2) is 17.0 Å². The van der Waals surface area contributed by atoms with E-state index in [0.717, 1.165) is 0 Å². The van der Waals surface area contributed by atoms with Crippen LogP contribution >= 0.6 is 12.4 Å². The molecule has 3 aromatic rings. The quantitative estimate of drug-likeness (QED) is 0.562. The molecule has 2 amide bonds. The smallest absolute Gasteiger partial charge is 0.257 e. The molecule has 0 bridgehead atoms. The summed E-state index contributed by atoms with van der Waals surface area (Å²) in [6.07, 6.45) is 3.12. The van der Waals surface area contributed by atoms with Gasteiger partial charge in [0.25, 0.3) is 5.91 Å². The van der Waals surface area contributed by atoms with Gasteiger partial charge >= 0.3 is 0 Å². The van der Waals surface area contributed by atoms with E-state index in [9.17, 15) is 9.59 Å². The molecule has 1 saturated heterocycles. The molecule has 0 unspecified atom stereocenters. The van der Waals surface area contributed by atoms with Gasteiger partial charge in [-0.3, -0.25) is 14.6 Å². The highest BCUT2D eigenvalue weighted by Crippen LogP contribution is 2.28. The molecule has 4 heterocycles. The van der Waals surface area contributed by atoms with E-state index in [1.165, 1.54) is 6.20 Å². The zero-order valence-corrected chi connectivity index (χ0v) is 17.1. The standard InChI is InChI=1S/C17H21N9O3.ClH/c1-2-26-14-10(17(28)25-5-3-24(4-6-25)12(27)7-18)8-20-9-11(14)21-16(26)13-15(19)23-29-22-13;/h8-9H,2-7,18H2,1H3,(H2,19,23);1H. The predicted molar refractivity (Wildman–Crippen MR) is 110 cm³/mol. The van der Waals surface area contributed by atoms with Gasteiger partial charge in [0.1, 0.15) is 5.52 Å². The summed E-state index contributed by atoms with van der Waals surface area (Å²) < 4.78 is 6.54. The highest BCUT2D eigenvalue weighted by atomic mass is 35.5. The number of aromatic nitrogens is 5. The number of nitrogen functional groups attached to an aromatic ring is 1. The first-order valence-electron chi connectivity index (χ1n) is 9.24. The number of carbonyl (C=O) groups is 2. The topological polar surface area (TPSA) is 162 Å². The highest BCUT2D eigenvalue weighted by molar-refractivity contribution is 6.05. The molecule has 4 N–H and O–H groups in total. The molecule has 4 rings (SSSR count). The van der Waals surface area contributed by atoms with Crippen LogP contribution in [0.25, 0.3) is 22.6 Å². The molecular weight excluding hydrogens is 414 g/mol. The van der Waals surface area contributed by atoms with Gasteiger partial charge in [-0.05, 0) is 17.2 Å². The first-order valence-corrected chi connectivity index (χ1v) is 9.24. The van der Waals surface area contributed by atoms with Crippen LogP contribution < -0.4 is 11.5 Å². The Morgan fingerprint density at radius 2 is 1.83 bits per heavy atom. The Labute approximate surface area is 177 Å². The number of imidazole rings is 1. The van der Waals surface area contributed by atoms with Crippen molar-refractivity contribution in [3.8, 4) is 11.5 Å². The fraction of sp³-hybridized carbons (Fsp3) is 0.412. The van der Waals surface area contributed by atoms with E-state index in [1.807, 2.05) is 11.5 Å². The summed E-state index contributed by atoms with van der Waals surface area (Å²) in [6.45, 7) is 4.18. The lowest BCUT2D eigenvalue weighted by atomic mass is 10.2. The van der Waals surface area contributed by atoms with Crippen molar-refractivity contribution in [3.05, 3.63) is 18.0 Å². The molecule has 0 spiro atoms. The van der Waals surface area contributed by atoms with E-state index < -0.39 is 0 Å². The normalized spacial score (nSPS) is 14.1. The van der Waals surface area contributed by atoms with Crippen molar-refractivity contribution in [1.82, 2.24) is 34.6 Å². The zero-order chi connectivity index (χ0) is 20.5. The fourth-order valence-electron chi connectivity index (χ4n) is 3.54. The van der Waals surface area contributed by atoms with Crippen LogP contribution in [-0.2, 0) is 11.3 Å². The molecule has 12 nitrogen and oxygen atoms in total. The van der Waals surface area contributed by atoms with E-state index in [-0.39, 0.29) is 36.6 Å². The minimum absolute atomic E-state index is 0. The number of pyridine rings is 1. The van der Waals surface area contributed by atoms with Crippen molar-refractivity contribution in [1.29, 1.82) is 0 Å². The van der Waals surface area contributed by atoms with Crippen molar-refractivity contribution in [3.63, 3.8) is 0 Å². The number of anilines is 1. The molecule has 30 heavy (non-hydrogen) atoms. The fourth-order valence-corrected chi connectivity index (χ4v) is 3.54. The second-order valence-electron chi connectivity index (χ2n) is 6.61. The van der Waals surface area contributed by atoms with Crippen LogP contribution in [0.5, 0.6) is 0 Å². The Hall–Kier alpha value is -3.25. The van der Waals surface area contributed by atoms with Crippen LogP contribution in [-0.4, -0.2) is 79.2 Å². The lowest BCUT2D eigenvalue weighted by molar-refractivity contribution is -0.131. The monoisotopic (exact) mass is 435 g/mol. The van der Waals surface area contributed by atoms with E-state index in [4.69, 9.17) is 16.1 Å². The molecule has 1 fully saturated rings. The van der Waals surface area contributed by atoms with Crippen molar-refractivity contribution in [2.75, 3.05) is 38.5 Å². The summed E-state index contributed by atoms with van der Waals surface area (Å²) in [7, 11) is 0. The van der Waals surface area contributed by atoms with Crippen LogP contribution in [0.2, 0.25) is 0 Å². The Morgan fingerprint density at radius 3 is 2.43 bits per heavy atom. The maximum Gasteiger partial charge on any atom is 0.257 e. The molecule has 13 heteroatoms. The number of carbonyl (C=O) groups excluding carboxylic acids is 2. The van der Waals surface area contributed by atoms with Crippen LogP contribution in [0.3, 0.4) is 0 Å². The Kier molecular flexibility index (Phi) is 6.17. The third-order valence-electron chi connectivity index (χ3n) is 5.02. The first-order chi connectivity index (χ1) is 14.0. The number of hydrogen-bond donors (Lipinski definition) is 2. The number of halogens is 1. The number of piperazine rings is 1. The van der Waals surface area contributed by atoms with Gasteiger partial charge in [-0.1, -0.05) is 0 Å². The molecule has 0 aliphatic carbocycles. The van der Waals surface area contributed by atoms with Crippen molar-refractivity contribution >= 4 is 41.1 Å². The molecular formula is C17H22ClN9O3. The number of hydrogen-bond acceptors (Lipinski definition) is 9. The molecule has 1 aliphatic rings. The second kappa shape index (κ2) is 8.63. The third kappa shape index (κ3) is 3.55. The van der Waals surface area contributed by atoms with Crippen LogP contribution in [0.4, 0.5) is 5.82 Å². The van der Waals surface area contributed by atoms with Crippen molar-refractivity contribution < 1.29 is 14.2 Å². The van der Waals surface area contributed by atoms with Gasteiger partial charge < -0.3 is 25.8 Å². The number of amides is 2. The molecule has 0 radical (unpaired) electrons. The molecule has 160 valence electrons. The average molecular weight is 436 g/mol. The van der Waals surface area contributed by atoms with E-state index in [2.05, 4.69) is 20.3 Å². The van der Waals surface area contributed by atoms with Crippen molar-refractivity contribution in [2.24, 2.45) is 5.73 Å².